The number of hydrogen-bond donors (Lipinski definition) is 3. The Morgan fingerprint density at radius 1 is 1.02 bits per heavy atom. The second-order valence-electron chi connectivity index (χ2n) is 12.3. The zero-order chi connectivity index (χ0) is 30.4. The van der Waals surface area contributed by atoms with Gasteiger partial charge in [0.05, 0.1) is 33.0 Å². The summed E-state index contributed by atoms with van der Waals surface area (Å²) in [6.07, 6.45) is 1.85. The van der Waals surface area contributed by atoms with Crippen LogP contribution < -0.4 is 20.5 Å². The number of ether oxygens (including phenoxy) is 4. The fourth-order valence-electron chi connectivity index (χ4n) is 5.43. The quantitative estimate of drug-likeness (QED) is 0.189. The van der Waals surface area contributed by atoms with Crippen LogP contribution in [-0.4, -0.2) is 94.4 Å². The van der Waals surface area contributed by atoms with E-state index in [2.05, 4.69) is 30.1 Å². The van der Waals surface area contributed by atoms with Crippen LogP contribution >= 0.6 is 24.8 Å². The second kappa shape index (κ2) is 22.2. The third kappa shape index (κ3) is 15.0. The molecular weight excluding hydrogens is 593 g/mol. The summed E-state index contributed by atoms with van der Waals surface area (Å²) in [4.78, 5) is 15.5. The molecule has 1 heterocycles. The van der Waals surface area contributed by atoms with Gasteiger partial charge in [-0.15, -0.1) is 24.8 Å². The van der Waals surface area contributed by atoms with E-state index in [0.717, 1.165) is 57.0 Å². The molecule has 0 unspecified atom stereocenters. The molecule has 9 nitrogen and oxygen atoms in total. The predicted molar refractivity (Wildman–Crippen MR) is 178 cm³/mol. The molecule has 0 spiro atoms. The number of amides is 1. The van der Waals surface area contributed by atoms with Crippen LogP contribution in [0.1, 0.15) is 59.4 Å². The van der Waals surface area contributed by atoms with Crippen LogP contribution in [0.15, 0.2) is 18.2 Å². The van der Waals surface area contributed by atoms with Gasteiger partial charge in [0.15, 0.2) is 11.5 Å². The van der Waals surface area contributed by atoms with Gasteiger partial charge in [-0.3, -0.25) is 9.69 Å². The monoisotopic (exact) mass is 651 g/mol. The minimum atomic E-state index is -0.764. The number of morpholine rings is 1. The summed E-state index contributed by atoms with van der Waals surface area (Å²) in [6, 6.07) is 5.65. The summed E-state index contributed by atoms with van der Waals surface area (Å²) >= 11 is 0. The molecule has 5 atom stereocenters. The standard InChI is InChI=1S/C32H57N3O6.2ClH/c1-22(2)26(17-25-9-10-30(39-7)31(18-25)41-14-8-13-38-6)19-28(33)29(36)20-27(23(3)4)32(37)34-24(5)21-35-11-15-40-16-12-35;;/h9-10,18,22-24,26-29,36H,8,11-17,19-21,33H2,1-7H3,(H,34,37);2*1H/t24-,26+,27+,28+,29+;;/m1../s1. The lowest BCUT2D eigenvalue weighted by atomic mass is 9.80. The minimum absolute atomic E-state index is 0. The van der Waals surface area contributed by atoms with E-state index >= 15 is 0 Å². The molecule has 1 aliphatic rings. The summed E-state index contributed by atoms with van der Waals surface area (Å²) in [5, 5.41) is 14.3. The average molecular weight is 653 g/mol. The smallest absolute Gasteiger partial charge is 0.223 e. The van der Waals surface area contributed by atoms with E-state index in [-0.39, 0.29) is 54.5 Å². The Labute approximate surface area is 272 Å². The van der Waals surface area contributed by atoms with Gasteiger partial charge in [-0.05, 0) is 61.6 Å². The van der Waals surface area contributed by atoms with Crippen molar-refractivity contribution in [3.05, 3.63) is 23.8 Å². The first kappa shape index (κ1) is 41.7. The summed E-state index contributed by atoms with van der Waals surface area (Å²) in [5.74, 6) is 1.83. The molecule has 1 amide bonds. The number of nitrogens with two attached hydrogens (primary N) is 1. The van der Waals surface area contributed by atoms with Crippen molar-refractivity contribution in [1.29, 1.82) is 0 Å². The third-order valence-corrected chi connectivity index (χ3v) is 8.15. The molecule has 1 aromatic rings. The van der Waals surface area contributed by atoms with Crippen LogP contribution in [0.4, 0.5) is 0 Å². The Kier molecular flexibility index (Phi) is 21.5. The van der Waals surface area contributed by atoms with Crippen molar-refractivity contribution in [2.24, 2.45) is 29.4 Å². The van der Waals surface area contributed by atoms with Crippen LogP contribution in [0.25, 0.3) is 0 Å². The van der Waals surface area contributed by atoms with E-state index in [0.29, 0.717) is 37.7 Å². The summed E-state index contributed by atoms with van der Waals surface area (Å²) in [5.41, 5.74) is 7.74. The van der Waals surface area contributed by atoms with Crippen molar-refractivity contribution in [3.63, 3.8) is 0 Å². The van der Waals surface area contributed by atoms with Crippen LogP contribution in [-0.2, 0) is 20.7 Å². The largest absolute Gasteiger partial charge is 0.493 e. The first-order chi connectivity index (χ1) is 19.5. The van der Waals surface area contributed by atoms with E-state index in [1.807, 2.05) is 32.9 Å². The van der Waals surface area contributed by atoms with E-state index in [4.69, 9.17) is 24.7 Å². The van der Waals surface area contributed by atoms with Gasteiger partial charge in [-0.1, -0.05) is 33.8 Å². The predicted octanol–water partition coefficient (Wildman–Crippen LogP) is 4.35. The Bertz CT molecular complexity index is 889. The minimum Gasteiger partial charge on any atom is -0.493 e. The normalized spacial score (nSPS) is 17.3. The van der Waals surface area contributed by atoms with Gasteiger partial charge < -0.3 is 35.1 Å². The van der Waals surface area contributed by atoms with E-state index in [1.54, 1.807) is 14.2 Å². The fourth-order valence-corrected chi connectivity index (χ4v) is 5.43. The molecule has 252 valence electrons. The molecule has 1 aromatic carbocycles. The van der Waals surface area contributed by atoms with Gasteiger partial charge in [0.2, 0.25) is 5.91 Å². The number of rotatable bonds is 19. The maximum absolute atomic E-state index is 13.2. The molecule has 2 rings (SSSR count). The third-order valence-electron chi connectivity index (χ3n) is 8.15. The fraction of sp³-hybridized carbons (Fsp3) is 0.781. The first-order valence-corrected chi connectivity index (χ1v) is 15.4. The molecule has 0 radical (unpaired) electrons. The zero-order valence-corrected chi connectivity index (χ0v) is 29.0. The first-order valence-electron chi connectivity index (χ1n) is 15.4. The highest BCUT2D eigenvalue weighted by atomic mass is 35.5. The maximum Gasteiger partial charge on any atom is 0.223 e. The zero-order valence-electron chi connectivity index (χ0n) is 27.4. The highest BCUT2D eigenvalue weighted by Crippen LogP contribution is 2.31. The number of aliphatic hydroxyl groups is 1. The Morgan fingerprint density at radius 2 is 1.70 bits per heavy atom. The number of carbonyl (C=O) groups is 1. The van der Waals surface area contributed by atoms with E-state index in [1.165, 1.54) is 0 Å². The molecule has 0 aromatic heterocycles. The number of hydrogen-bond acceptors (Lipinski definition) is 8. The molecule has 1 aliphatic heterocycles. The molecule has 1 saturated heterocycles. The molecular formula is C32H59Cl2N3O6. The highest BCUT2D eigenvalue weighted by Gasteiger charge is 2.30. The van der Waals surface area contributed by atoms with Crippen LogP contribution in [0.3, 0.4) is 0 Å². The lowest BCUT2D eigenvalue weighted by Gasteiger charge is -2.32. The molecule has 1 fully saturated rings. The highest BCUT2D eigenvalue weighted by molar-refractivity contribution is 5.85. The van der Waals surface area contributed by atoms with Crippen LogP contribution in [0.5, 0.6) is 11.5 Å². The van der Waals surface area contributed by atoms with E-state index < -0.39 is 12.1 Å². The molecule has 43 heavy (non-hydrogen) atoms. The summed E-state index contributed by atoms with van der Waals surface area (Å²) in [6.45, 7) is 15.7. The molecule has 0 aliphatic carbocycles. The number of methoxy groups -OCH3 is 2. The van der Waals surface area contributed by atoms with Gasteiger partial charge in [-0.2, -0.15) is 0 Å². The van der Waals surface area contributed by atoms with Crippen molar-refractivity contribution in [2.75, 3.05) is 60.3 Å². The summed E-state index contributed by atoms with van der Waals surface area (Å²) in [7, 11) is 3.32. The van der Waals surface area contributed by atoms with Crippen LogP contribution in [0.2, 0.25) is 0 Å². The summed E-state index contributed by atoms with van der Waals surface area (Å²) < 4.78 is 22.0. The Hall–Kier alpha value is -1.33. The van der Waals surface area contributed by atoms with Crippen molar-refractivity contribution < 1.29 is 28.8 Å². The number of halogens is 2. The second-order valence-corrected chi connectivity index (χ2v) is 12.3. The number of carbonyl (C=O) groups excluding carboxylic acids is 1. The number of aliphatic hydroxyl groups excluding tert-OH is 1. The van der Waals surface area contributed by atoms with Gasteiger partial charge >= 0.3 is 0 Å². The number of nitrogens with zero attached hydrogens (tertiary/aromatic N) is 1. The van der Waals surface area contributed by atoms with Crippen molar-refractivity contribution in [2.45, 2.75) is 78.5 Å². The molecule has 0 saturated carbocycles. The SMILES string of the molecule is COCCCOc1cc(C[C@@H](C[C@H](N)[C@@H](O)C[C@H](C(=O)N[C@H](C)CN2CCOCC2)C(C)C)C(C)C)ccc1OC.Cl.Cl. The Morgan fingerprint density at radius 3 is 2.28 bits per heavy atom. The average Bonchev–Trinajstić information content (AvgIpc) is 2.93. The molecule has 0 bridgehead atoms. The van der Waals surface area contributed by atoms with Gasteiger partial charge in [0, 0.05) is 57.8 Å². The van der Waals surface area contributed by atoms with E-state index in [9.17, 15) is 9.90 Å². The van der Waals surface area contributed by atoms with Crippen molar-refractivity contribution >= 4 is 30.7 Å². The number of benzene rings is 1. The number of nitrogens with one attached hydrogen (secondary N) is 1. The van der Waals surface area contributed by atoms with Gasteiger partial charge in [-0.25, -0.2) is 0 Å². The maximum atomic E-state index is 13.2. The van der Waals surface area contributed by atoms with Crippen molar-refractivity contribution in [1.82, 2.24) is 10.2 Å². The van der Waals surface area contributed by atoms with Gasteiger partial charge in [0.1, 0.15) is 0 Å². The Balaban J connectivity index is 0.00000882. The van der Waals surface area contributed by atoms with Gasteiger partial charge in [0.25, 0.3) is 0 Å². The van der Waals surface area contributed by atoms with Crippen molar-refractivity contribution in [3.8, 4) is 11.5 Å². The molecule has 4 N–H and O–H groups in total. The lowest BCUT2D eigenvalue weighted by Crippen LogP contribution is -2.49. The molecule has 11 heteroatoms. The van der Waals surface area contributed by atoms with Crippen LogP contribution in [0, 0.1) is 23.7 Å². The lowest BCUT2D eigenvalue weighted by molar-refractivity contribution is -0.128. The topological polar surface area (TPSA) is 116 Å².